The molecule has 0 radical (unpaired) electrons. The van der Waals surface area contributed by atoms with Gasteiger partial charge in [-0.15, -0.1) is 0 Å². The average molecular weight is 408 g/mol. The number of anilines is 3. The largest absolute Gasteiger partial charge is 0.378 e. The van der Waals surface area contributed by atoms with E-state index in [1.807, 2.05) is 48.7 Å². The topological polar surface area (TPSA) is 87.0 Å². The van der Waals surface area contributed by atoms with Crippen molar-refractivity contribution in [1.29, 1.82) is 5.26 Å². The maximum absolute atomic E-state index is 9.61. The van der Waals surface area contributed by atoms with Crippen LogP contribution in [0.1, 0.15) is 5.56 Å². The Morgan fingerprint density at radius 2 is 1.87 bits per heavy atom. The third kappa shape index (κ3) is 3.89. The molecule has 1 aliphatic heterocycles. The molecule has 0 spiro atoms. The van der Waals surface area contributed by atoms with Crippen LogP contribution in [0.25, 0.3) is 22.0 Å². The fraction of sp³-hybridized carbons (Fsp3) is 0.167. The number of benzene rings is 2. The first-order valence-corrected chi connectivity index (χ1v) is 10.1. The second-order valence-electron chi connectivity index (χ2n) is 7.25. The fourth-order valence-electron chi connectivity index (χ4n) is 3.76. The van der Waals surface area contributed by atoms with Gasteiger partial charge in [-0.3, -0.25) is 4.98 Å². The van der Waals surface area contributed by atoms with E-state index < -0.39 is 0 Å². The van der Waals surface area contributed by atoms with E-state index in [0.717, 1.165) is 40.8 Å². The number of morpholine rings is 1. The summed E-state index contributed by atoms with van der Waals surface area (Å²) in [5, 5.41) is 15.0. The van der Waals surface area contributed by atoms with Gasteiger partial charge in [-0.05, 0) is 29.7 Å². The predicted molar refractivity (Wildman–Crippen MR) is 120 cm³/mol. The smallest absolute Gasteiger partial charge is 0.227 e. The number of aromatic nitrogens is 3. The van der Waals surface area contributed by atoms with Crippen molar-refractivity contribution in [2.75, 3.05) is 36.5 Å². The minimum atomic E-state index is 0.426. The van der Waals surface area contributed by atoms with Gasteiger partial charge in [0.05, 0.1) is 42.0 Å². The molecule has 2 aromatic heterocycles. The molecule has 0 unspecified atom stereocenters. The number of hydrogen-bond donors (Lipinski definition) is 1. The van der Waals surface area contributed by atoms with Crippen molar-refractivity contribution in [3.63, 3.8) is 0 Å². The highest BCUT2D eigenvalue weighted by Crippen LogP contribution is 2.30. The van der Waals surface area contributed by atoms with E-state index in [4.69, 9.17) is 9.72 Å². The van der Waals surface area contributed by atoms with Gasteiger partial charge < -0.3 is 15.0 Å². The Bertz CT molecular complexity index is 1280. The quantitative estimate of drug-likeness (QED) is 0.543. The zero-order valence-corrected chi connectivity index (χ0v) is 16.8. The Hall–Kier alpha value is -4.02. The van der Waals surface area contributed by atoms with E-state index >= 15 is 0 Å². The highest BCUT2D eigenvalue weighted by Gasteiger charge is 2.16. The molecule has 1 saturated heterocycles. The number of hydrogen-bond acceptors (Lipinski definition) is 7. The molecule has 3 heterocycles. The third-order valence-electron chi connectivity index (χ3n) is 5.33. The van der Waals surface area contributed by atoms with Crippen molar-refractivity contribution < 1.29 is 4.74 Å². The van der Waals surface area contributed by atoms with Crippen molar-refractivity contribution in [3.8, 4) is 17.3 Å². The number of rotatable bonds is 4. The Kier molecular flexibility index (Phi) is 5.13. The van der Waals surface area contributed by atoms with Crippen LogP contribution < -0.4 is 10.2 Å². The maximum Gasteiger partial charge on any atom is 0.227 e. The molecule has 1 aliphatic rings. The standard InChI is InChI=1S/C24H20N6O/c25-14-20-16-27-24(28-21-3-1-2-4-22(21)30-9-11-31-12-10-30)29-23(20)18-6-5-17-7-8-26-15-19(17)13-18/h1-8,13,15-16H,9-12H2,(H,27,28,29). The number of nitriles is 1. The number of pyridine rings is 1. The lowest BCUT2D eigenvalue weighted by Gasteiger charge is -2.30. The number of fused-ring (bicyclic) bond motifs is 1. The molecule has 0 aliphatic carbocycles. The van der Waals surface area contributed by atoms with Crippen LogP contribution in [0.5, 0.6) is 0 Å². The Balaban J connectivity index is 1.51. The van der Waals surface area contributed by atoms with Crippen LogP contribution in [0.3, 0.4) is 0 Å². The molecule has 0 amide bonds. The molecular formula is C24H20N6O. The van der Waals surface area contributed by atoms with Crippen molar-refractivity contribution in [3.05, 3.63) is 72.7 Å². The Morgan fingerprint density at radius 3 is 2.74 bits per heavy atom. The van der Waals surface area contributed by atoms with Crippen molar-refractivity contribution in [2.45, 2.75) is 0 Å². The lowest BCUT2D eigenvalue weighted by Crippen LogP contribution is -2.36. The minimum Gasteiger partial charge on any atom is -0.378 e. The molecule has 0 bridgehead atoms. The third-order valence-corrected chi connectivity index (χ3v) is 5.33. The van der Waals surface area contributed by atoms with E-state index in [-0.39, 0.29) is 0 Å². The van der Waals surface area contributed by atoms with Gasteiger partial charge in [-0.25, -0.2) is 9.97 Å². The monoisotopic (exact) mass is 408 g/mol. The molecule has 5 rings (SSSR count). The van der Waals surface area contributed by atoms with Crippen LogP contribution in [0.4, 0.5) is 17.3 Å². The van der Waals surface area contributed by atoms with Gasteiger partial charge in [0.15, 0.2) is 0 Å². The van der Waals surface area contributed by atoms with E-state index in [9.17, 15) is 5.26 Å². The summed E-state index contributed by atoms with van der Waals surface area (Å²) in [6.07, 6.45) is 5.14. The lowest BCUT2D eigenvalue weighted by molar-refractivity contribution is 0.123. The number of para-hydroxylation sites is 2. The van der Waals surface area contributed by atoms with Gasteiger partial charge in [-0.2, -0.15) is 5.26 Å². The van der Waals surface area contributed by atoms with Crippen LogP contribution in [0.2, 0.25) is 0 Å². The molecule has 4 aromatic rings. The first kappa shape index (κ1) is 19.0. The summed E-state index contributed by atoms with van der Waals surface area (Å²) in [6.45, 7) is 3.10. The molecule has 152 valence electrons. The van der Waals surface area contributed by atoms with E-state index in [2.05, 4.69) is 32.3 Å². The van der Waals surface area contributed by atoms with Gasteiger partial charge in [0.1, 0.15) is 6.07 Å². The molecule has 0 atom stereocenters. The number of nitrogens with zero attached hydrogens (tertiary/aromatic N) is 5. The van der Waals surface area contributed by atoms with Crippen LogP contribution in [0, 0.1) is 11.3 Å². The van der Waals surface area contributed by atoms with E-state index in [1.165, 1.54) is 0 Å². The predicted octanol–water partition coefficient (Wildman–Crippen LogP) is 4.14. The second-order valence-corrected chi connectivity index (χ2v) is 7.25. The fourth-order valence-corrected chi connectivity index (χ4v) is 3.76. The molecule has 7 heteroatoms. The van der Waals surface area contributed by atoms with Gasteiger partial charge in [0.2, 0.25) is 5.95 Å². The lowest BCUT2D eigenvalue weighted by atomic mass is 10.0. The van der Waals surface area contributed by atoms with Crippen molar-refractivity contribution in [2.24, 2.45) is 0 Å². The Labute approximate surface area is 180 Å². The molecule has 31 heavy (non-hydrogen) atoms. The second kappa shape index (κ2) is 8.38. The van der Waals surface area contributed by atoms with Gasteiger partial charge in [-0.1, -0.05) is 24.3 Å². The van der Waals surface area contributed by atoms with Crippen LogP contribution in [0.15, 0.2) is 67.1 Å². The zero-order chi connectivity index (χ0) is 21.0. The summed E-state index contributed by atoms with van der Waals surface area (Å²) in [5.41, 5.74) is 3.87. The molecule has 0 saturated carbocycles. The van der Waals surface area contributed by atoms with Crippen molar-refractivity contribution >= 4 is 28.1 Å². The average Bonchev–Trinajstić information content (AvgIpc) is 2.84. The Morgan fingerprint density at radius 1 is 1.00 bits per heavy atom. The summed E-state index contributed by atoms with van der Waals surface area (Å²) < 4.78 is 5.48. The summed E-state index contributed by atoms with van der Waals surface area (Å²) >= 11 is 0. The SMILES string of the molecule is N#Cc1cnc(Nc2ccccc2N2CCOCC2)nc1-c1ccc2ccncc2c1. The molecule has 2 aromatic carbocycles. The molecule has 1 fully saturated rings. The maximum atomic E-state index is 9.61. The number of ether oxygens (including phenoxy) is 1. The van der Waals surface area contributed by atoms with Crippen LogP contribution >= 0.6 is 0 Å². The molecule has 1 N–H and O–H groups in total. The normalized spacial score (nSPS) is 13.7. The zero-order valence-electron chi connectivity index (χ0n) is 16.8. The molecule has 7 nitrogen and oxygen atoms in total. The minimum absolute atomic E-state index is 0.426. The first-order valence-electron chi connectivity index (χ1n) is 10.1. The summed E-state index contributed by atoms with van der Waals surface area (Å²) in [4.78, 5) is 15.6. The molecular weight excluding hydrogens is 388 g/mol. The summed E-state index contributed by atoms with van der Waals surface area (Å²) in [5.74, 6) is 0.445. The van der Waals surface area contributed by atoms with Crippen molar-refractivity contribution in [1.82, 2.24) is 15.0 Å². The van der Waals surface area contributed by atoms with E-state index in [1.54, 1.807) is 12.4 Å². The highest BCUT2D eigenvalue weighted by molar-refractivity contribution is 5.87. The van der Waals surface area contributed by atoms with Gasteiger partial charge >= 0.3 is 0 Å². The van der Waals surface area contributed by atoms with Crippen LogP contribution in [-0.2, 0) is 4.74 Å². The van der Waals surface area contributed by atoms with E-state index in [0.29, 0.717) is 30.4 Å². The number of nitrogens with one attached hydrogen (secondary N) is 1. The summed E-state index contributed by atoms with van der Waals surface area (Å²) in [6, 6.07) is 18.2. The van der Waals surface area contributed by atoms with Gasteiger partial charge in [0, 0.05) is 36.4 Å². The van der Waals surface area contributed by atoms with Gasteiger partial charge in [0.25, 0.3) is 0 Å². The highest BCUT2D eigenvalue weighted by atomic mass is 16.5. The summed E-state index contributed by atoms with van der Waals surface area (Å²) in [7, 11) is 0. The first-order chi connectivity index (χ1) is 15.3. The van der Waals surface area contributed by atoms with Crippen LogP contribution in [-0.4, -0.2) is 41.3 Å².